The maximum Gasteiger partial charge on any atom is 0.319 e. The topological polar surface area (TPSA) is 69.8 Å². The van der Waals surface area contributed by atoms with Gasteiger partial charge in [-0.3, -0.25) is 5.10 Å². The monoisotopic (exact) mass is 284 g/mol. The van der Waals surface area contributed by atoms with Crippen molar-refractivity contribution < 1.29 is 9.18 Å². The van der Waals surface area contributed by atoms with Gasteiger partial charge in [0.25, 0.3) is 0 Å². The summed E-state index contributed by atoms with van der Waals surface area (Å²) in [6.45, 7) is 0.130. The lowest BCUT2D eigenvalue weighted by atomic mass is 10.2. The molecule has 2 aromatic carbocycles. The summed E-state index contributed by atoms with van der Waals surface area (Å²) < 4.78 is 13.4. The largest absolute Gasteiger partial charge is 0.334 e. The van der Waals surface area contributed by atoms with Gasteiger partial charge in [-0.2, -0.15) is 5.10 Å². The minimum Gasteiger partial charge on any atom is -0.334 e. The average Bonchev–Trinajstić information content (AvgIpc) is 2.94. The molecule has 0 spiro atoms. The fourth-order valence-electron chi connectivity index (χ4n) is 2.01. The van der Waals surface area contributed by atoms with E-state index in [-0.39, 0.29) is 12.4 Å². The number of aromatic nitrogens is 2. The third-order valence-corrected chi connectivity index (χ3v) is 3.10. The van der Waals surface area contributed by atoms with E-state index in [0.29, 0.717) is 11.3 Å². The lowest BCUT2D eigenvalue weighted by molar-refractivity contribution is 0.251. The van der Waals surface area contributed by atoms with Crippen LogP contribution in [0, 0.1) is 5.82 Å². The Balaban J connectivity index is 1.62. The number of hydrogen-bond acceptors (Lipinski definition) is 2. The number of carbonyl (C=O) groups excluding carboxylic acids is 1. The van der Waals surface area contributed by atoms with E-state index in [4.69, 9.17) is 0 Å². The van der Waals surface area contributed by atoms with E-state index < -0.39 is 6.03 Å². The summed E-state index contributed by atoms with van der Waals surface area (Å²) in [6, 6.07) is 11.4. The number of carbonyl (C=O) groups is 1. The number of amides is 2. The van der Waals surface area contributed by atoms with Gasteiger partial charge in [-0.05, 0) is 24.3 Å². The molecule has 0 aliphatic rings. The number of hydrogen-bond donors (Lipinski definition) is 3. The molecule has 0 atom stereocenters. The molecule has 21 heavy (non-hydrogen) atoms. The average molecular weight is 284 g/mol. The summed E-state index contributed by atoms with van der Waals surface area (Å²) in [6.07, 6.45) is 1.71. The molecule has 0 saturated carbocycles. The van der Waals surface area contributed by atoms with E-state index in [1.165, 1.54) is 6.07 Å². The van der Waals surface area contributed by atoms with E-state index in [1.54, 1.807) is 36.5 Å². The van der Waals surface area contributed by atoms with Crippen LogP contribution in [0.2, 0.25) is 0 Å². The number of benzene rings is 2. The van der Waals surface area contributed by atoms with Crippen molar-refractivity contribution in [2.24, 2.45) is 0 Å². The molecule has 2 amide bonds. The second-order valence-corrected chi connectivity index (χ2v) is 4.57. The molecule has 5 nitrogen and oxygen atoms in total. The van der Waals surface area contributed by atoms with Gasteiger partial charge in [0.05, 0.1) is 11.7 Å². The van der Waals surface area contributed by atoms with E-state index >= 15 is 0 Å². The van der Waals surface area contributed by atoms with E-state index in [1.807, 2.05) is 6.07 Å². The van der Waals surface area contributed by atoms with Crippen LogP contribution >= 0.6 is 0 Å². The molecule has 0 unspecified atom stereocenters. The van der Waals surface area contributed by atoms with Crippen molar-refractivity contribution in [1.82, 2.24) is 15.5 Å². The van der Waals surface area contributed by atoms with Gasteiger partial charge in [0, 0.05) is 23.2 Å². The van der Waals surface area contributed by atoms with Crippen molar-refractivity contribution >= 4 is 22.6 Å². The Labute approximate surface area is 120 Å². The van der Waals surface area contributed by atoms with Gasteiger partial charge in [0.2, 0.25) is 0 Å². The second kappa shape index (κ2) is 5.62. The Morgan fingerprint density at radius 3 is 2.95 bits per heavy atom. The number of nitrogens with one attached hydrogen (secondary N) is 3. The Bertz CT molecular complexity index is 784. The molecular weight excluding hydrogens is 271 g/mol. The van der Waals surface area contributed by atoms with Crippen LogP contribution in [0.15, 0.2) is 48.7 Å². The predicted octanol–water partition coefficient (Wildman–Crippen LogP) is 3.02. The molecule has 3 aromatic rings. The van der Waals surface area contributed by atoms with Gasteiger partial charge < -0.3 is 10.6 Å². The number of nitrogens with zero attached hydrogens (tertiary/aromatic N) is 1. The van der Waals surface area contributed by atoms with Crippen molar-refractivity contribution in [3.8, 4) is 0 Å². The summed E-state index contributed by atoms with van der Waals surface area (Å²) in [5.41, 5.74) is 1.91. The summed E-state index contributed by atoms with van der Waals surface area (Å²) in [5.74, 6) is -0.336. The SMILES string of the molecule is O=C(NCc1ccccc1F)Nc1ccc2cn[nH]c2c1. The Hall–Kier alpha value is -2.89. The van der Waals surface area contributed by atoms with Crippen LogP contribution in [-0.4, -0.2) is 16.2 Å². The normalized spacial score (nSPS) is 10.5. The first-order chi connectivity index (χ1) is 10.2. The van der Waals surface area contributed by atoms with Crippen LogP contribution in [0.3, 0.4) is 0 Å². The van der Waals surface area contributed by atoms with Gasteiger partial charge in [-0.1, -0.05) is 18.2 Å². The number of halogens is 1. The minimum atomic E-state index is -0.392. The maximum atomic E-state index is 13.4. The van der Waals surface area contributed by atoms with Crippen LogP contribution < -0.4 is 10.6 Å². The number of aromatic amines is 1. The molecule has 0 fully saturated rings. The molecule has 3 rings (SSSR count). The summed E-state index contributed by atoms with van der Waals surface area (Å²) >= 11 is 0. The van der Waals surface area contributed by atoms with E-state index in [0.717, 1.165) is 10.9 Å². The Morgan fingerprint density at radius 1 is 1.24 bits per heavy atom. The van der Waals surface area contributed by atoms with Gasteiger partial charge in [0.1, 0.15) is 5.82 Å². The maximum absolute atomic E-state index is 13.4. The van der Waals surface area contributed by atoms with Crippen molar-refractivity contribution in [1.29, 1.82) is 0 Å². The highest BCUT2D eigenvalue weighted by Gasteiger charge is 2.05. The zero-order valence-corrected chi connectivity index (χ0v) is 11.1. The quantitative estimate of drug-likeness (QED) is 0.692. The summed E-state index contributed by atoms with van der Waals surface area (Å²) in [4.78, 5) is 11.8. The lowest BCUT2D eigenvalue weighted by Gasteiger charge is -2.08. The number of rotatable bonds is 3. The number of H-pyrrole nitrogens is 1. The molecule has 0 radical (unpaired) electrons. The zero-order valence-electron chi connectivity index (χ0n) is 11.1. The molecule has 3 N–H and O–H groups in total. The Morgan fingerprint density at radius 2 is 2.10 bits per heavy atom. The highest BCUT2D eigenvalue weighted by molar-refractivity contribution is 5.92. The molecule has 6 heteroatoms. The van der Waals surface area contributed by atoms with Crippen LogP contribution in [0.5, 0.6) is 0 Å². The van der Waals surface area contributed by atoms with Crippen LogP contribution in [0.4, 0.5) is 14.9 Å². The first kappa shape index (κ1) is 13.1. The third kappa shape index (κ3) is 3.00. The zero-order chi connectivity index (χ0) is 14.7. The van der Waals surface area contributed by atoms with E-state index in [9.17, 15) is 9.18 Å². The van der Waals surface area contributed by atoms with Gasteiger partial charge in [-0.25, -0.2) is 9.18 Å². The number of anilines is 1. The van der Waals surface area contributed by atoms with Crippen molar-refractivity contribution in [2.75, 3.05) is 5.32 Å². The molecule has 0 bridgehead atoms. The molecular formula is C15H13FN4O. The highest BCUT2D eigenvalue weighted by atomic mass is 19.1. The summed E-state index contributed by atoms with van der Waals surface area (Å²) in [5, 5.41) is 13.0. The van der Waals surface area contributed by atoms with Crippen LogP contribution in [0.25, 0.3) is 10.9 Å². The predicted molar refractivity (Wildman–Crippen MR) is 78.4 cm³/mol. The number of fused-ring (bicyclic) bond motifs is 1. The van der Waals surface area contributed by atoms with Crippen LogP contribution in [-0.2, 0) is 6.54 Å². The third-order valence-electron chi connectivity index (χ3n) is 3.10. The molecule has 0 saturated heterocycles. The standard InChI is InChI=1S/C15H13FN4O/c16-13-4-2-1-3-10(13)8-17-15(21)19-12-6-5-11-9-18-20-14(11)7-12/h1-7,9H,8H2,(H,18,20)(H2,17,19,21). The van der Waals surface area contributed by atoms with Crippen molar-refractivity contribution in [2.45, 2.75) is 6.54 Å². The van der Waals surface area contributed by atoms with Gasteiger partial charge >= 0.3 is 6.03 Å². The fourth-order valence-corrected chi connectivity index (χ4v) is 2.01. The van der Waals surface area contributed by atoms with Gasteiger partial charge in [-0.15, -0.1) is 0 Å². The smallest absolute Gasteiger partial charge is 0.319 e. The van der Waals surface area contributed by atoms with Crippen molar-refractivity contribution in [3.63, 3.8) is 0 Å². The molecule has 1 aromatic heterocycles. The summed E-state index contributed by atoms with van der Waals surface area (Å²) in [7, 11) is 0. The van der Waals surface area contributed by atoms with Crippen LogP contribution in [0.1, 0.15) is 5.56 Å². The molecule has 0 aliphatic heterocycles. The number of urea groups is 1. The Kier molecular flexibility index (Phi) is 3.51. The minimum absolute atomic E-state index is 0.130. The first-order valence-corrected chi connectivity index (χ1v) is 6.44. The van der Waals surface area contributed by atoms with E-state index in [2.05, 4.69) is 20.8 Å². The fraction of sp³-hybridized carbons (Fsp3) is 0.0667. The molecule has 1 heterocycles. The second-order valence-electron chi connectivity index (χ2n) is 4.57. The first-order valence-electron chi connectivity index (χ1n) is 6.44. The highest BCUT2D eigenvalue weighted by Crippen LogP contribution is 2.16. The molecule has 106 valence electrons. The van der Waals surface area contributed by atoms with Crippen molar-refractivity contribution in [3.05, 3.63) is 60.0 Å². The van der Waals surface area contributed by atoms with Gasteiger partial charge in [0.15, 0.2) is 0 Å². The molecule has 0 aliphatic carbocycles. The lowest BCUT2D eigenvalue weighted by Crippen LogP contribution is -2.28.